The first-order chi connectivity index (χ1) is 18.7. The van der Waals surface area contributed by atoms with Gasteiger partial charge in [0, 0.05) is 77.9 Å². The number of pyridine rings is 1. The van der Waals surface area contributed by atoms with Crippen LogP contribution in [0.15, 0.2) is 36.7 Å². The van der Waals surface area contributed by atoms with Gasteiger partial charge in [0.15, 0.2) is 0 Å². The third kappa shape index (κ3) is 6.01. The molecule has 210 valence electrons. The number of alkyl halides is 1. The summed E-state index contributed by atoms with van der Waals surface area (Å²) in [6.07, 6.45) is 2.76. The minimum atomic E-state index is -1.08. The van der Waals surface area contributed by atoms with Crippen LogP contribution in [0.2, 0.25) is 0 Å². The lowest BCUT2D eigenvalue weighted by Gasteiger charge is -2.42. The highest BCUT2D eigenvalue weighted by Crippen LogP contribution is 2.37. The number of piperidine rings is 1. The van der Waals surface area contributed by atoms with Gasteiger partial charge in [-0.1, -0.05) is 33.8 Å². The first-order valence-electron chi connectivity index (χ1n) is 13.8. The smallest absolute Gasteiger partial charge is 0.227 e. The number of rotatable bonds is 9. The van der Waals surface area contributed by atoms with Crippen molar-refractivity contribution in [1.82, 2.24) is 15.0 Å². The van der Waals surface area contributed by atoms with Gasteiger partial charge in [0.25, 0.3) is 0 Å². The highest BCUT2D eigenvalue weighted by atomic mass is 32.2. The summed E-state index contributed by atoms with van der Waals surface area (Å²) in [5, 5.41) is 5.81. The third-order valence-electron chi connectivity index (χ3n) is 7.72. The first kappa shape index (κ1) is 27.7. The highest BCUT2D eigenvalue weighted by molar-refractivity contribution is 7.85. The molecule has 0 spiro atoms. The molecule has 3 aromatic rings. The van der Waals surface area contributed by atoms with Gasteiger partial charge in [-0.2, -0.15) is 4.98 Å². The second kappa shape index (κ2) is 11.7. The van der Waals surface area contributed by atoms with Crippen LogP contribution in [0, 0.1) is 5.92 Å². The molecule has 39 heavy (non-hydrogen) atoms. The zero-order chi connectivity index (χ0) is 27.7. The topological polar surface area (TPSA) is 83.5 Å². The van der Waals surface area contributed by atoms with Crippen molar-refractivity contribution >= 4 is 44.8 Å². The standard InChI is InChI=1S/C29H39FN6O2S/c1-18(2)21-6-7-25(36-14-20(15-36)17-39(37)19(3)4)23-13-32-28(12-22(21)23)33-27-8-10-31-29(34-27)35-11-9-26(38-5)24(30)16-35/h6-8,10,12-13,18-20,24,26H,9,11,14-17H2,1-5H3,(H,31,32,33,34)/t24-,26+,39?/m1/s1. The number of nitrogens with zero attached hydrogens (tertiary/aromatic N) is 5. The van der Waals surface area contributed by atoms with Crippen LogP contribution in [-0.4, -0.2) is 75.7 Å². The van der Waals surface area contributed by atoms with E-state index in [9.17, 15) is 8.60 Å². The molecule has 2 aromatic heterocycles. The number of benzene rings is 1. The number of ether oxygens (including phenoxy) is 1. The summed E-state index contributed by atoms with van der Waals surface area (Å²) in [5.74, 6) is 3.38. The molecule has 2 aliphatic rings. The molecule has 0 amide bonds. The molecule has 0 aliphatic carbocycles. The van der Waals surface area contributed by atoms with Gasteiger partial charge >= 0.3 is 0 Å². The summed E-state index contributed by atoms with van der Waals surface area (Å²) in [4.78, 5) is 18.0. The van der Waals surface area contributed by atoms with E-state index in [1.807, 2.05) is 24.9 Å². The Bertz CT molecular complexity index is 1330. The Balaban J connectivity index is 1.35. The number of halogens is 1. The minimum Gasteiger partial charge on any atom is -0.378 e. The molecule has 3 atom stereocenters. The second-order valence-electron chi connectivity index (χ2n) is 11.2. The van der Waals surface area contributed by atoms with Gasteiger partial charge in [-0.15, -0.1) is 0 Å². The monoisotopic (exact) mass is 554 g/mol. The number of methoxy groups -OCH3 is 1. The molecular weight excluding hydrogens is 515 g/mol. The Morgan fingerprint density at radius 1 is 1.08 bits per heavy atom. The summed E-state index contributed by atoms with van der Waals surface area (Å²) < 4.78 is 32.0. The van der Waals surface area contributed by atoms with Crippen LogP contribution in [0.3, 0.4) is 0 Å². The maximum Gasteiger partial charge on any atom is 0.227 e. The molecule has 1 unspecified atom stereocenters. The first-order valence-corrected chi connectivity index (χ1v) is 15.2. The molecule has 0 radical (unpaired) electrons. The van der Waals surface area contributed by atoms with E-state index in [0.717, 1.165) is 29.6 Å². The van der Waals surface area contributed by atoms with Crippen molar-refractivity contribution in [3.8, 4) is 0 Å². The number of anilines is 4. The van der Waals surface area contributed by atoms with Gasteiger partial charge in [-0.25, -0.2) is 14.4 Å². The summed E-state index contributed by atoms with van der Waals surface area (Å²) in [7, 11) is 0.777. The lowest BCUT2D eigenvalue weighted by molar-refractivity contribution is 0.0194. The number of hydrogen-bond acceptors (Lipinski definition) is 8. The fourth-order valence-electron chi connectivity index (χ4n) is 5.42. The fourth-order valence-corrected chi connectivity index (χ4v) is 6.48. The van der Waals surface area contributed by atoms with Gasteiger partial charge in [0.05, 0.1) is 12.6 Å². The van der Waals surface area contributed by atoms with Crippen LogP contribution >= 0.6 is 0 Å². The summed E-state index contributed by atoms with van der Waals surface area (Å²) in [6, 6.07) is 8.29. The molecule has 1 aromatic carbocycles. The van der Waals surface area contributed by atoms with Crippen LogP contribution in [-0.2, 0) is 15.5 Å². The Hall–Kier alpha value is -2.85. The molecule has 2 saturated heterocycles. The summed E-state index contributed by atoms with van der Waals surface area (Å²) in [6.45, 7) is 11.1. The van der Waals surface area contributed by atoms with Crippen LogP contribution in [0.1, 0.15) is 45.6 Å². The van der Waals surface area contributed by atoms with Crippen molar-refractivity contribution in [1.29, 1.82) is 0 Å². The van der Waals surface area contributed by atoms with E-state index in [-0.39, 0.29) is 17.9 Å². The normalized spacial score (nSPS) is 21.0. The Labute approximate surface area is 232 Å². The number of nitrogens with one attached hydrogen (secondary N) is 1. The SMILES string of the molecule is CO[C@H]1CCN(c2nccc(Nc3cc4c(C(C)C)ccc(N5CC(CS(=O)C(C)C)C5)c4cn3)n2)C[C@H]1F. The van der Waals surface area contributed by atoms with Crippen molar-refractivity contribution in [3.05, 3.63) is 42.2 Å². The van der Waals surface area contributed by atoms with E-state index in [1.165, 1.54) is 11.3 Å². The van der Waals surface area contributed by atoms with Gasteiger partial charge in [-0.3, -0.25) is 4.21 Å². The maximum atomic E-state index is 14.4. The number of fused-ring (bicyclic) bond motifs is 1. The molecule has 2 fully saturated rings. The molecular formula is C29H39FN6O2S. The highest BCUT2D eigenvalue weighted by Gasteiger charge is 2.31. The molecule has 4 heterocycles. The zero-order valence-corrected chi connectivity index (χ0v) is 24.2. The molecule has 10 heteroatoms. The number of aromatic nitrogens is 3. The lowest BCUT2D eigenvalue weighted by Crippen LogP contribution is -2.49. The van der Waals surface area contributed by atoms with Gasteiger partial charge in [0.1, 0.15) is 17.8 Å². The van der Waals surface area contributed by atoms with Crippen LogP contribution in [0.25, 0.3) is 10.8 Å². The molecule has 5 rings (SSSR count). The summed E-state index contributed by atoms with van der Waals surface area (Å²) in [5.41, 5.74) is 2.43. The van der Waals surface area contributed by atoms with E-state index in [1.54, 1.807) is 19.4 Å². The number of hydrogen-bond donors (Lipinski definition) is 1. The van der Waals surface area contributed by atoms with Gasteiger partial charge in [0.2, 0.25) is 5.95 Å². The van der Waals surface area contributed by atoms with Crippen LogP contribution < -0.4 is 15.1 Å². The Morgan fingerprint density at radius 2 is 1.87 bits per heavy atom. The van der Waals surface area contributed by atoms with E-state index >= 15 is 0 Å². The van der Waals surface area contributed by atoms with Crippen molar-refractivity contribution < 1.29 is 13.3 Å². The average Bonchev–Trinajstić information content (AvgIpc) is 2.89. The van der Waals surface area contributed by atoms with Crippen molar-refractivity contribution in [2.75, 3.05) is 54.2 Å². The Morgan fingerprint density at radius 3 is 2.56 bits per heavy atom. The molecule has 0 bridgehead atoms. The van der Waals surface area contributed by atoms with E-state index in [2.05, 4.69) is 52.2 Å². The van der Waals surface area contributed by atoms with E-state index in [4.69, 9.17) is 9.72 Å². The van der Waals surface area contributed by atoms with Gasteiger partial charge < -0.3 is 19.9 Å². The van der Waals surface area contributed by atoms with Crippen molar-refractivity contribution in [3.63, 3.8) is 0 Å². The van der Waals surface area contributed by atoms with Crippen molar-refractivity contribution in [2.45, 2.75) is 57.6 Å². The molecule has 2 aliphatic heterocycles. The minimum absolute atomic E-state index is 0.203. The van der Waals surface area contributed by atoms with Crippen LogP contribution in [0.4, 0.5) is 27.7 Å². The van der Waals surface area contributed by atoms with Gasteiger partial charge in [-0.05, 0) is 41.5 Å². The quantitative estimate of drug-likeness (QED) is 0.394. The lowest BCUT2D eigenvalue weighted by atomic mass is 9.93. The van der Waals surface area contributed by atoms with Crippen LogP contribution in [0.5, 0.6) is 0 Å². The maximum absolute atomic E-state index is 14.4. The largest absolute Gasteiger partial charge is 0.378 e. The average molecular weight is 555 g/mol. The second-order valence-corrected chi connectivity index (χ2v) is 13.2. The predicted molar refractivity (Wildman–Crippen MR) is 158 cm³/mol. The third-order valence-corrected chi connectivity index (χ3v) is 9.58. The van der Waals surface area contributed by atoms with E-state index < -0.39 is 17.0 Å². The fraction of sp³-hybridized carbons (Fsp3) is 0.552. The summed E-state index contributed by atoms with van der Waals surface area (Å²) >= 11 is 0. The molecule has 8 nitrogen and oxygen atoms in total. The predicted octanol–water partition coefficient (Wildman–Crippen LogP) is 5.05. The molecule has 1 N–H and O–H groups in total. The van der Waals surface area contributed by atoms with E-state index in [0.29, 0.717) is 42.4 Å². The zero-order valence-electron chi connectivity index (χ0n) is 23.4. The Kier molecular flexibility index (Phi) is 8.32. The van der Waals surface area contributed by atoms with Crippen molar-refractivity contribution in [2.24, 2.45) is 5.92 Å². The molecule has 0 saturated carbocycles.